The molecule has 2 heterocycles. The number of carbonyl (C=O) groups is 2. The van der Waals surface area contributed by atoms with Crippen LogP contribution in [0, 0.1) is 17.1 Å². The predicted molar refractivity (Wildman–Crippen MR) is 103 cm³/mol. The third-order valence-corrected chi connectivity index (χ3v) is 5.53. The summed E-state index contributed by atoms with van der Waals surface area (Å²) in [5.41, 5.74) is -2.31. The molecule has 2 aliphatic rings. The molecule has 0 spiro atoms. The molecule has 32 heavy (non-hydrogen) atoms. The van der Waals surface area contributed by atoms with E-state index in [-0.39, 0.29) is 24.6 Å². The Labute approximate surface area is 179 Å². The van der Waals surface area contributed by atoms with Crippen molar-refractivity contribution in [2.45, 2.75) is 24.7 Å². The lowest BCUT2D eigenvalue weighted by atomic mass is 10.0. The topological polar surface area (TPSA) is 93.9 Å². The highest BCUT2D eigenvalue weighted by molar-refractivity contribution is 6.08. The predicted octanol–water partition coefficient (Wildman–Crippen LogP) is 4.02. The van der Waals surface area contributed by atoms with E-state index in [4.69, 9.17) is 15.1 Å². The number of carbonyl (C=O) groups excluding carboxylic acids is 1. The highest BCUT2D eigenvalue weighted by Gasteiger charge is 2.49. The number of rotatable bonds is 3. The standard InChI is InChI=1S/C21H15F4N3O4/c22-16-8-13(3-4-14(16)19(29)30)27-17-5-6-32-10-18(17)28(20(27)31)12-2-1-11(9-26)15(7-12)21(23,24)25/h1-4,7-8,17-18H,5-6,10H2,(H,29,30). The molecule has 1 N–H and O–H groups in total. The summed E-state index contributed by atoms with van der Waals surface area (Å²) in [5, 5.41) is 18.0. The summed E-state index contributed by atoms with van der Waals surface area (Å²) in [5.74, 6) is -2.51. The molecule has 4 rings (SSSR count). The van der Waals surface area contributed by atoms with Crippen molar-refractivity contribution in [3.63, 3.8) is 0 Å². The number of amides is 2. The zero-order valence-corrected chi connectivity index (χ0v) is 16.3. The zero-order valence-electron chi connectivity index (χ0n) is 16.3. The first-order valence-electron chi connectivity index (χ1n) is 9.48. The second-order valence-electron chi connectivity index (χ2n) is 7.33. The molecule has 2 unspecified atom stereocenters. The molecule has 2 aromatic rings. The summed E-state index contributed by atoms with van der Waals surface area (Å²) in [7, 11) is 0. The Balaban J connectivity index is 1.79. The number of urea groups is 1. The number of hydrogen-bond donors (Lipinski definition) is 1. The fraction of sp³-hybridized carbons (Fsp3) is 0.286. The van der Waals surface area contributed by atoms with Crippen molar-refractivity contribution in [2.24, 2.45) is 0 Å². The van der Waals surface area contributed by atoms with Crippen LogP contribution in [-0.2, 0) is 10.9 Å². The van der Waals surface area contributed by atoms with Crippen LogP contribution < -0.4 is 9.80 Å². The summed E-state index contributed by atoms with van der Waals surface area (Å²) in [6, 6.07) is 5.80. The van der Waals surface area contributed by atoms with Gasteiger partial charge in [0, 0.05) is 18.0 Å². The van der Waals surface area contributed by atoms with Crippen molar-refractivity contribution in [3.8, 4) is 6.07 Å². The minimum Gasteiger partial charge on any atom is -0.478 e. The third kappa shape index (κ3) is 3.52. The molecule has 2 fully saturated rings. The van der Waals surface area contributed by atoms with E-state index < -0.39 is 52.8 Å². The van der Waals surface area contributed by atoms with Gasteiger partial charge in [0.05, 0.1) is 41.5 Å². The molecule has 0 radical (unpaired) electrons. The maximum Gasteiger partial charge on any atom is 0.417 e. The maximum absolute atomic E-state index is 14.3. The average Bonchev–Trinajstić information content (AvgIpc) is 3.04. The number of benzene rings is 2. The quantitative estimate of drug-likeness (QED) is 0.715. The summed E-state index contributed by atoms with van der Waals surface area (Å²) >= 11 is 0. The average molecular weight is 449 g/mol. The Morgan fingerprint density at radius 3 is 2.41 bits per heavy atom. The first-order chi connectivity index (χ1) is 15.1. The van der Waals surface area contributed by atoms with Crippen LogP contribution in [0.5, 0.6) is 0 Å². The number of carboxylic acids is 1. The minimum atomic E-state index is -4.80. The van der Waals surface area contributed by atoms with Gasteiger partial charge < -0.3 is 9.84 Å². The van der Waals surface area contributed by atoms with Crippen LogP contribution in [0.1, 0.15) is 27.9 Å². The second-order valence-corrected chi connectivity index (χ2v) is 7.33. The van der Waals surface area contributed by atoms with Crippen molar-refractivity contribution in [3.05, 3.63) is 58.9 Å². The Kier molecular flexibility index (Phi) is 5.26. The molecule has 7 nitrogen and oxygen atoms in total. The summed E-state index contributed by atoms with van der Waals surface area (Å²) < 4.78 is 60.0. The lowest BCUT2D eigenvalue weighted by Gasteiger charge is -2.32. The van der Waals surface area contributed by atoms with Gasteiger partial charge in [-0.05, 0) is 42.8 Å². The lowest BCUT2D eigenvalue weighted by Crippen LogP contribution is -2.45. The van der Waals surface area contributed by atoms with E-state index in [0.717, 1.165) is 29.2 Å². The number of anilines is 2. The molecule has 2 aliphatic heterocycles. The fourth-order valence-electron chi connectivity index (χ4n) is 4.10. The van der Waals surface area contributed by atoms with Crippen LogP contribution in [0.25, 0.3) is 0 Å². The third-order valence-electron chi connectivity index (χ3n) is 5.53. The first kappa shape index (κ1) is 21.6. The van der Waals surface area contributed by atoms with Crippen LogP contribution in [0.2, 0.25) is 0 Å². The van der Waals surface area contributed by atoms with Crippen LogP contribution in [-0.4, -0.2) is 42.4 Å². The second kappa shape index (κ2) is 7.80. The minimum absolute atomic E-state index is 0.0456. The number of hydrogen-bond acceptors (Lipinski definition) is 4. The van der Waals surface area contributed by atoms with E-state index in [1.165, 1.54) is 23.1 Å². The van der Waals surface area contributed by atoms with E-state index >= 15 is 0 Å². The van der Waals surface area contributed by atoms with Gasteiger partial charge in [-0.1, -0.05) is 0 Å². The Hall–Kier alpha value is -3.65. The number of nitrogens with zero attached hydrogens (tertiary/aromatic N) is 3. The smallest absolute Gasteiger partial charge is 0.417 e. The molecule has 0 aliphatic carbocycles. The van der Waals surface area contributed by atoms with Gasteiger partial charge in [-0.3, -0.25) is 9.80 Å². The van der Waals surface area contributed by atoms with Crippen molar-refractivity contribution >= 4 is 23.4 Å². The molecular weight excluding hydrogens is 434 g/mol. The van der Waals surface area contributed by atoms with Gasteiger partial charge >= 0.3 is 18.2 Å². The first-order valence-corrected chi connectivity index (χ1v) is 9.48. The number of alkyl halides is 3. The highest BCUT2D eigenvalue weighted by atomic mass is 19.4. The molecule has 2 saturated heterocycles. The van der Waals surface area contributed by atoms with Crippen LogP contribution in [0.3, 0.4) is 0 Å². The Morgan fingerprint density at radius 1 is 1.12 bits per heavy atom. The van der Waals surface area contributed by atoms with E-state index in [0.29, 0.717) is 6.42 Å². The molecule has 2 amide bonds. The van der Waals surface area contributed by atoms with E-state index in [2.05, 4.69) is 0 Å². The van der Waals surface area contributed by atoms with Crippen LogP contribution in [0.4, 0.5) is 33.7 Å². The van der Waals surface area contributed by atoms with Gasteiger partial charge in [0.15, 0.2) is 0 Å². The van der Waals surface area contributed by atoms with Gasteiger partial charge in [-0.25, -0.2) is 14.0 Å². The molecule has 0 bridgehead atoms. The van der Waals surface area contributed by atoms with Crippen molar-refractivity contribution in [1.82, 2.24) is 0 Å². The fourth-order valence-corrected chi connectivity index (χ4v) is 4.10. The molecular formula is C21H15F4N3O4. The van der Waals surface area contributed by atoms with Gasteiger partial charge in [-0.15, -0.1) is 0 Å². The summed E-state index contributed by atoms with van der Waals surface area (Å²) in [6.07, 6.45) is -4.46. The SMILES string of the molecule is N#Cc1ccc(N2C(=O)N(c3ccc(C(=O)O)c(F)c3)C3CCOCC32)cc1C(F)(F)F. The lowest BCUT2D eigenvalue weighted by molar-refractivity contribution is -0.137. The van der Waals surface area contributed by atoms with Gasteiger partial charge in [-0.2, -0.15) is 18.4 Å². The largest absolute Gasteiger partial charge is 0.478 e. The Morgan fingerprint density at radius 2 is 1.78 bits per heavy atom. The molecule has 0 aromatic heterocycles. The van der Waals surface area contributed by atoms with E-state index in [9.17, 15) is 27.2 Å². The van der Waals surface area contributed by atoms with Crippen molar-refractivity contribution in [2.75, 3.05) is 23.0 Å². The molecule has 2 atom stereocenters. The molecule has 2 aromatic carbocycles. The van der Waals surface area contributed by atoms with Gasteiger partial charge in [0.2, 0.25) is 0 Å². The van der Waals surface area contributed by atoms with Crippen LogP contribution in [0.15, 0.2) is 36.4 Å². The monoisotopic (exact) mass is 449 g/mol. The molecule has 11 heteroatoms. The number of fused-ring (bicyclic) bond motifs is 1. The number of nitriles is 1. The molecule has 0 saturated carbocycles. The van der Waals surface area contributed by atoms with Gasteiger partial charge in [0.1, 0.15) is 5.82 Å². The van der Waals surface area contributed by atoms with E-state index in [1.807, 2.05) is 0 Å². The maximum atomic E-state index is 14.3. The summed E-state index contributed by atoms with van der Waals surface area (Å²) in [4.78, 5) is 26.8. The normalized spacial score (nSPS) is 20.8. The van der Waals surface area contributed by atoms with Gasteiger partial charge in [0.25, 0.3) is 0 Å². The highest BCUT2D eigenvalue weighted by Crippen LogP contribution is 2.40. The summed E-state index contributed by atoms with van der Waals surface area (Å²) in [6.45, 7) is 0.333. The van der Waals surface area contributed by atoms with Crippen LogP contribution >= 0.6 is 0 Å². The number of ether oxygens (including phenoxy) is 1. The number of aromatic carboxylic acids is 1. The number of carboxylic acid groups (broad SMARTS) is 1. The number of halogens is 4. The van der Waals surface area contributed by atoms with E-state index in [1.54, 1.807) is 0 Å². The van der Waals surface area contributed by atoms with Crippen molar-refractivity contribution < 1.29 is 37.0 Å². The van der Waals surface area contributed by atoms with Crippen molar-refractivity contribution in [1.29, 1.82) is 5.26 Å². The molecule has 166 valence electrons. The Bertz CT molecular complexity index is 1140. The zero-order chi connectivity index (χ0) is 23.2.